The predicted octanol–water partition coefficient (Wildman–Crippen LogP) is 4.09. The molecule has 0 radical (unpaired) electrons. The minimum absolute atomic E-state index is 0.0320. The van der Waals surface area contributed by atoms with Crippen molar-refractivity contribution < 1.29 is 22.7 Å². The highest BCUT2D eigenvalue weighted by Crippen LogP contribution is 2.18. The van der Waals surface area contributed by atoms with Gasteiger partial charge in [-0.05, 0) is 35.4 Å². The number of halogens is 3. The van der Waals surface area contributed by atoms with E-state index in [1.807, 2.05) is 38.1 Å². The predicted molar refractivity (Wildman–Crippen MR) is 115 cm³/mol. The van der Waals surface area contributed by atoms with Crippen LogP contribution in [0, 0.1) is 5.92 Å². The van der Waals surface area contributed by atoms with Crippen LogP contribution in [0.2, 0.25) is 0 Å². The molecule has 2 rings (SSSR count). The Kier molecular flexibility index (Phi) is 8.72. The number of benzene rings is 2. The van der Waals surface area contributed by atoms with Crippen LogP contribution in [0.5, 0.6) is 5.75 Å². The lowest BCUT2D eigenvalue weighted by atomic mass is 10.1. The molecule has 0 saturated carbocycles. The molecule has 0 aliphatic rings. The van der Waals surface area contributed by atoms with Gasteiger partial charge in [-0.2, -0.15) is 13.2 Å². The summed E-state index contributed by atoms with van der Waals surface area (Å²) in [6.45, 7) is 3.33. The van der Waals surface area contributed by atoms with E-state index in [2.05, 4.69) is 20.9 Å². The second-order valence-corrected chi connectivity index (χ2v) is 7.17. The summed E-state index contributed by atoms with van der Waals surface area (Å²) in [5.74, 6) is 0.626. The van der Waals surface area contributed by atoms with Gasteiger partial charge in [-0.1, -0.05) is 38.1 Å². The number of ether oxygens (including phenoxy) is 1. The van der Waals surface area contributed by atoms with Crippen molar-refractivity contribution in [3.05, 3.63) is 59.7 Å². The van der Waals surface area contributed by atoms with E-state index in [1.165, 1.54) is 12.1 Å². The van der Waals surface area contributed by atoms with Crippen LogP contribution in [0.15, 0.2) is 53.5 Å². The van der Waals surface area contributed by atoms with Crippen molar-refractivity contribution in [1.29, 1.82) is 0 Å². The van der Waals surface area contributed by atoms with Crippen LogP contribution in [-0.2, 0) is 17.9 Å². The van der Waals surface area contributed by atoms with Gasteiger partial charge < -0.3 is 20.7 Å². The van der Waals surface area contributed by atoms with Gasteiger partial charge in [0.25, 0.3) is 0 Å². The first-order valence-corrected chi connectivity index (χ1v) is 9.79. The van der Waals surface area contributed by atoms with Gasteiger partial charge >= 0.3 is 6.18 Å². The van der Waals surface area contributed by atoms with E-state index in [0.717, 1.165) is 16.8 Å². The number of amides is 1. The number of nitrogens with zero attached hydrogens (tertiary/aromatic N) is 1. The first-order chi connectivity index (χ1) is 14.7. The Morgan fingerprint density at radius 1 is 0.968 bits per heavy atom. The van der Waals surface area contributed by atoms with Crippen molar-refractivity contribution in [1.82, 2.24) is 10.6 Å². The minimum Gasteiger partial charge on any atom is -0.484 e. The SMILES string of the molecule is CN=C(NCc1ccc(NC(=O)C(C)C)cc1)NCc1ccc(OCC(F)(F)F)cc1. The number of anilines is 1. The van der Waals surface area contributed by atoms with Gasteiger partial charge in [-0.15, -0.1) is 0 Å². The third kappa shape index (κ3) is 8.98. The van der Waals surface area contributed by atoms with Crippen LogP contribution < -0.4 is 20.7 Å². The minimum atomic E-state index is -4.36. The molecule has 0 atom stereocenters. The molecule has 0 heterocycles. The molecule has 31 heavy (non-hydrogen) atoms. The van der Waals surface area contributed by atoms with Crippen LogP contribution in [-0.4, -0.2) is 31.7 Å². The topological polar surface area (TPSA) is 74.8 Å². The average molecular weight is 436 g/mol. The lowest BCUT2D eigenvalue weighted by Crippen LogP contribution is -2.36. The van der Waals surface area contributed by atoms with Crippen molar-refractivity contribution in [2.24, 2.45) is 10.9 Å². The summed E-state index contributed by atoms with van der Waals surface area (Å²) in [7, 11) is 1.65. The zero-order valence-electron chi connectivity index (χ0n) is 17.7. The first kappa shape index (κ1) is 24.0. The summed E-state index contributed by atoms with van der Waals surface area (Å²) >= 11 is 0. The Bertz CT molecular complexity index is 864. The largest absolute Gasteiger partial charge is 0.484 e. The van der Waals surface area contributed by atoms with Crippen molar-refractivity contribution in [3.8, 4) is 5.75 Å². The highest BCUT2D eigenvalue weighted by Gasteiger charge is 2.28. The van der Waals surface area contributed by atoms with Gasteiger partial charge in [0.1, 0.15) is 5.75 Å². The number of hydrogen-bond donors (Lipinski definition) is 3. The average Bonchev–Trinajstić information content (AvgIpc) is 2.73. The van der Waals surface area contributed by atoms with E-state index in [1.54, 1.807) is 19.2 Å². The number of nitrogens with one attached hydrogen (secondary N) is 3. The van der Waals surface area contributed by atoms with Crippen LogP contribution in [0.1, 0.15) is 25.0 Å². The summed E-state index contributed by atoms with van der Waals surface area (Å²) < 4.78 is 41.3. The van der Waals surface area contributed by atoms with E-state index in [4.69, 9.17) is 4.74 Å². The summed E-state index contributed by atoms with van der Waals surface area (Å²) in [5, 5.41) is 9.17. The van der Waals surface area contributed by atoms with Gasteiger partial charge in [0, 0.05) is 31.7 Å². The highest BCUT2D eigenvalue weighted by molar-refractivity contribution is 5.92. The van der Waals surface area contributed by atoms with Crippen LogP contribution >= 0.6 is 0 Å². The monoisotopic (exact) mass is 436 g/mol. The maximum Gasteiger partial charge on any atom is 0.422 e. The Morgan fingerprint density at radius 3 is 1.94 bits per heavy atom. The first-order valence-electron chi connectivity index (χ1n) is 9.79. The molecule has 0 aliphatic carbocycles. The lowest BCUT2D eigenvalue weighted by molar-refractivity contribution is -0.153. The van der Waals surface area contributed by atoms with E-state index in [0.29, 0.717) is 19.0 Å². The molecule has 168 valence electrons. The van der Waals surface area contributed by atoms with Crippen LogP contribution in [0.25, 0.3) is 0 Å². The summed E-state index contributed by atoms with van der Waals surface area (Å²) in [4.78, 5) is 15.9. The number of carbonyl (C=O) groups excluding carboxylic acids is 1. The normalized spacial score (nSPS) is 11.9. The van der Waals surface area contributed by atoms with Gasteiger partial charge in [0.15, 0.2) is 12.6 Å². The lowest BCUT2D eigenvalue weighted by Gasteiger charge is -2.13. The van der Waals surface area contributed by atoms with Crippen molar-refractivity contribution in [2.45, 2.75) is 33.1 Å². The van der Waals surface area contributed by atoms with Crippen LogP contribution in [0.4, 0.5) is 18.9 Å². The third-order valence-corrected chi connectivity index (χ3v) is 4.22. The van der Waals surface area contributed by atoms with Crippen molar-refractivity contribution >= 4 is 17.6 Å². The summed E-state index contributed by atoms with van der Waals surface area (Å²) in [6.07, 6.45) is -4.36. The molecule has 1 amide bonds. The van der Waals surface area contributed by atoms with Gasteiger partial charge in [-0.25, -0.2) is 0 Å². The fourth-order valence-electron chi connectivity index (χ4n) is 2.45. The number of guanidine groups is 1. The Hall–Kier alpha value is -3.23. The van der Waals surface area contributed by atoms with E-state index >= 15 is 0 Å². The van der Waals surface area contributed by atoms with E-state index in [9.17, 15) is 18.0 Å². The number of carbonyl (C=O) groups is 1. The van der Waals surface area contributed by atoms with Crippen LogP contribution in [0.3, 0.4) is 0 Å². The van der Waals surface area contributed by atoms with Gasteiger partial charge in [-0.3, -0.25) is 9.79 Å². The fraction of sp³-hybridized carbons (Fsp3) is 0.364. The second kappa shape index (κ2) is 11.2. The van der Waals surface area contributed by atoms with Crippen molar-refractivity contribution in [3.63, 3.8) is 0 Å². The summed E-state index contributed by atoms with van der Waals surface area (Å²) in [5.41, 5.74) is 2.62. The number of aliphatic imine (C=N–C) groups is 1. The Labute approximate surface area is 179 Å². The molecule has 0 bridgehead atoms. The quantitative estimate of drug-likeness (QED) is 0.431. The molecule has 0 saturated heterocycles. The molecule has 2 aromatic rings. The maximum absolute atomic E-state index is 12.2. The molecule has 3 N–H and O–H groups in total. The van der Waals surface area contributed by atoms with E-state index < -0.39 is 12.8 Å². The molecular formula is C22H27F3N4O2. The van der Waals surface area contributed by atoms with Crippen molar-refractivity contribution in [2.75, 3.05) is 19.0 Å². The smallest absolute Gasteiger partial charge is 0.422 e. The standard InChI is InChI=1S/C22H27F3N4O2/c1-15(2)20(30)29-18-8-4-16(5-9-18)12-27-21(26-3)28-13-17-6-10-19(11-7-17)31-14-22(23,24)25/h4-11,15H,12-14H2,1-3H3,(H,29,30)(H2,26,27,28). The summed E-state index contributed by atoms with van der Waals surface area (Å²) in [6, 6.07) is 13.9. The molecule has 0 fully saturated rings. The molecule has 0 spiro atoms. The Balaban J connectivity index is 1.79. The molecule has 0 aromatic heterocycles. The molecule has 9 heteroatoms. The molecule has 0 aliphatic heterocycles. The Morgan fingerprint density at radius 2 is 1.48 bits per heavy atom. The zero-order chi connectivity index (χ0) is 22.9. The molecule has 0 unspecified atom stereocenters. The maximum atomic E-state index is 12.2. The van der Waals surface area contributed by atoms with Gasteiger partial charge in [0.05, 0.1) is 0 Å². The second-order valence-electron chi connectivity index (χ2n) is 7.17. The highest BCUT2D eigenvalue weighted by atomic mass is 19.4. The molecule has 2 aromatic carbocycles. The molecular weight excluding hydrogens is 409 g/mol. The number of hydrogen-bond acceptors (Lipinski definition) is 3. The molecule has 6 nitrogen and oxygen atoms in total. The fourth-order valence-corrected chi connectivity index (χ4v) is 2.45. The number of rotatable bonds is 8. The zero-order valence-corrected chi connectivity index (χ0v) is 17.7. The van der Waals surface area contributed by atoms with Gasteiger partial charge in [0.2, 0.25) is 5.91 Å². The third-order valence-electron chi connectivity index (χ3n) is 4.22. The number of alkyl halides is 3. The van der Waals surface area contributed by atoms with E-state index in [-0.39, 0.29) is 17.6 Å².